The summed E-state index contributed by atoms with van der Waals surface area (Å²) in [6, 6.07) is 13.3. The monoisotopic (exact) mass is 349 g/mol. The molecule has 2 aromatic carbocycles. The molecule has 2 N–H and O–H groups in total. The number of pyridine rings is 1. The summed E-state index contributed by atoms with van der Waals surface area (Å²) in [5.74, 6) is -0.139. The van der Waals surface area contributed by atoms with Crippen LogP contribution in [0.25, 0.3) is 0 Å². The number of carbonyl (C=O) groups excluding carboxylic acids is 1. The molecule has 0 aliphatic heterocycles. The molecule has 1 amide bonds. The van der Waals surface area contributed by atoms with Crippen molar-refractivity contribution in [2.24, 2.45) is 0 Å². The molecular weight excluding hydrogens is 329 g/mol. The quantitative estimate of drug-likeness (QED) is 0.685. The van der Waals surface area contributed by atoms with Crippen molar-refractivity contribution in [3.63, 3.8) is 0 Å². The first kappa shape index (κ1) is 17.6. The van der Waals surface area contributed by atoms with E-state index in [1.54, 1.807) is 24.4 Å². The van der Waals surface area contributed by atoms with Gasteiger partial charge in [0.1, 0.15) is 11.6 Å². The Morgan fingerprint density at radius 3 is 2.35 bits per heavy atom. The van der Waals surface area contributed by atoms with E-state index in [9.17, 15) is 9.18 Å². The Kier molecular flexibility index (Phi) is 4.98. The van der Waals surface area contributed by atoms with E-state index in [-0.39, 0.29) is 11.5 Å². The van der Waals surface area contributed by atoms with Gasteiger partial charge in [0.2, 0.25) is 0 Å². The number of carbonyl (C=O) groups is 1. The predicted molar refractivity (Wildman–Crippen MR) is 103 cm³/mol. The molecule has 132 valence electrons. The number of anilines is 3. The summed E-state index contributed by atoms with van der Waals surface area (Å²) < 4.78 is 13.2. The second kappa shape index (κ2) is 7.35. The van der Waals surface area contributed by atoms with Crippen molar-refractivity contribution in [1.82, 2.24) is 4.98 Å². The number of hydrogen-bond donors (Lipinski definition) is 2. The van der Waals surface area contributed by atoms with Crippen molar-refractivity contribution >= 4 is 23.1 Å². The number of amides is 1. The van der Waals surface area contributed by atoms with Crippen LogP contribution < -0.4 is 10.6 Å². The molecule has 3 rings (SSSR count). The summed E-state index contributed by atoms with van der Waals surface area (Å²) in [5.41, 5.74) is 5.34. The van der Waals surface area contributed by atoms with Crippen LogP contribution in [0.4, 0.5) is 21.6 Å². The molecule has 1 heterocycles. The van der Waals surface area contributed by atoms with E-state index >= 15 is 0 Å². The van der Waals surface area contributed by atoms with Crippen LogP contribution in [-0.2, 0) is 0 Å². The first-order valence-electron chi connectivity index (χ1n) is 8.30. The Morgan fingerprint density at radius 1 is 1.00 bits per heavy atom. The van der Waals surface area contributed by atoms with Gasteiger partial charge in [-0.3, -0.25) is 4.79 Å². The molecule has 0 saturated carbocycles. The Labute approximate surface area is 152 Å². The molecule has 0 aliphatic carbocycles. The highest BCUT2D eigenvalue weighted by atomic mass is 19.1. The standard InChI is InChI=1S/C21H20FN3O/c1-13-9-14(2)20(15(3)10-13)25-19-8-7-18(12-23-19)24-21(26)16-5-4-6-17(22)11-16/h4-12H,1-3H3,(H,23,25)(H,24,26). The van der Waals surface area contributed by atoms with Gasteiger partial charge >= 0.3 is 0 Å². The smallest absolute Gasteiger partial charge is 0.255 e. The summed E-state index contributed by atoms with van der Waals surface area (Å²) in [7, 11) is 0. The molecule has 0 spiro atoms. The molecule has 0 saturated heterocycles. The average Bonchev–Trinajstić information content (AvgIpc) is 2.59. The van der Waals surface area contributed by atoms with Crippen LogP contribution in [0.15, 0.2) is 54.7 Å². The highest BCUT2D eigenvalue weighted by Gasteiger charge is 2.08. The molecule has 0 radical (unpaired) electrons. The van der Waals surface area contributed by atoms with Gasteiger partial charge in [0.25, 0.3) is 5.91 Å². The van der Waals surface area contributed by atoms with E-state index in [1.807, 2.05) is 0 Å². The Bertz CT molecular complexity index is 929. The van der Waals surface area contributed by atoms with E-state index < -0.39 is 5.82 Å². The SMILES string of the molecule is Cc1cc(C)c(Nc2ccc(NC(=O)c3cccc(F)c3)cn2)c(C)c1. The van der Waals surface area contributed by atoms with Gasteiger partial charge in [-0.2, -0.15) is 0 Å². The van der Waals surface area contributed by atoms with Crippen LogP contribution in [-0.4, -0.2) is 10.9 Å². The van der Waals surface area contributed by atoms with Gasteiger partial charge in [-0.15, -0.1) is 0 Å². The average molecular weight is 349 g/mol. The summed E-state index contributed by atoms with van der Waals surface area (Å²) >= 11 is 0. The molecule has 0 aliphatic rings. The second-order valence-corrected chi connectivity index (χ2v) is 6.30. The zero-order chi connectivity index (χ0) is 18.7. The molecule has 3 aromatic rings. The van der Waals surface area contributed by atoms with Crippen molar-refractivity contribution in [3.05, 3.63) is 82.8 Å². The van der Waals surface area contributed by atoms with Crippen molar-refractivity contribution in [2.75, 3.05) is 10.6 Å². The van der Waals surface area contributed by atoms with E-state index in [0.29, 0.717) is 11.5 Å². The van der Waals surface area contributed by atoms with Gasteiger partial charge < -0.3 is 10.6 Å². The van der Waals surface area contributed by atoms with Crippen LogP contribution in [0.1, 0.15) is 27.0 Å². The largest absolute Gasteiger partial charge is 0.340 e. The Morgan fingerprint density at radius 2 is 1.73 bits per heavy atom. The number of halogens is 1. The van der Waals surface area contributed by atoms with Crippen LogP contribution >= 0.6 is 0 Å². The summed E-state index contributed by atoms with van der Waals surface area (Å²) in [5, 5.41) is 6.02. The molecule has 0 atom stereocenters. The topological polar surface area (TPSA) is 54.0 Å². The van der Waals surface area contributed by atoms with Gasteiger partial charge in [0.05, 0.1) is 11.9 Å². The van der Waals surface area contributed by atoms with Crippen molar-refractivity contribution < 1.29 is 9.18 Å². The van der Waals surface area contributed by atoms with Gasteiger partial charge in [0.15, 0.2) is 0 Å². The lowest BCUT2D eigenvalue weighted by molar-refractivity contribution is 0.102. The first-order chi connectivity index (χ1) is 12.4. The summed E-state index contributed by atoms with van der Waals surface area (Å²) in [6.07, 6.45) is 1.57. The zero-order valence-corrected chi connectivity index (χ0v) is 14.9. The molecular formula is C21H20FN3O. The number of nitrogens with zero attached hydrogens (tertiary/aromatic N) is 1. The van der Waals surface area contributed by atoms with Gasteiger partial charge in [-0.25, -0.2) is 9.37 Å². The number of aromatic nitrogens is 1. The predicted octanol–water partition coefficient (Wildman–Crippen LogP) is 5.14. The number of hydrogen-bond acceptors (Lipinski definition) is 3. The molecule has 4 nitrogen and oxygen atoms in total. The Hall–Kier alpha value is -3.21. The van der Waals surface area contributed by atoms with Crippen molar-refractivity contribution in [1.29, 1.82) is 0 Å². The van der Waals surface area contributed by atoms with Crippen LogP contribution in [0.3, 0.4) is 0 Å². The normalized spacial score (nSPS) is 10.5. The van der Waals surface area contributed by atoms with Crippen molar-refractivity contribution in [3.8, 4) is 0 Å². The fraction of sp³-hybridized carbons (Fsp3) is 0.143. The fourth-order valence-electron chi connectivity index (χ4n) is 2.88. The van der Waals surface area contributed by atoms with E-state index in [1.165, 1.54) is 23.8 Å². The highest BCUT2D eigenvalue weighted by molar-refractivity contribution is 6.04. The Balaban J connectivity index is 1.72. The van der Waals surface area contributed by atoms with Gasteiger partial charge in [0, 0.05) is 11.3 Å². The molecule has 0 unspecified atom stereocenters. The second-order valence-electron chi connectivity index (χ2n) is 6.30. The fourth-order valence-corrected chi connectivity index (χ4v) is 2.88. The van der Waals surface area contributed by atoms with Crippen LogP contribution in [0, 0.1) is 26.6 Å². The first-order valence-corrected chi connectivity index (χ1v) is 8.30. The molecule has 5 heteroatoms. The molecule has 0 fully saturated rings. The van der Waals surface area contributed by atoms with Gasteiger partial charge in [-0.1, -0.05) is 23.8 Å². The number of benzene rings is 2. The zero-order valence-electron chi connectivity index (χ0n) is 14.9. The third-order valence-corrected chi connectivity index (χ3v) is 4.04. The van der Waals surface area contributed by atoms with Crippen LogP contribution in [0.5, 0.6) is 0 Å². The minimum atomic E-state index is -0.445. The highest BCUT2D eigenvalue weighted by Crippen LogP contribution is 2.25. The van der Waals surface area contributed by atoms with E-state index in [2.05, 4.69) is 48.5 Å². The van der Waals surface area contributed by atoms with Crippen molar-refractivity contribution in [2.45, 2.75) is 20.8 Å². The minimum Gasteiger partial charge on any atom is -0.340 e. The molecule has 26 heavy (non-hydrogen) atoms. The lowest BCUT2D eigenvalue weighted by Crippen LogP contribution is -2.12. The third kappa shape index (κ3) is 4.06. The number of rotatable bonds is 4. The molecule has 1 aromatic heterocycles. The van der Waals surface area contributed by atoms with Gasteiger partial charge in [-0.05, 0) is 62.2 Å². The summed E-state index contributed by atoms with van der Waals surface area (Å²) in [4.78, 5) is 16.5. The minimum absolute atomic E-state index is 0.262. The maximum atomic E-state index is 13.2. The van der Waals surface area contributed by atoms with Crippen LogP contribution in [0.2, 0.25) is 0 Å². The van der Waals surface area contributed by atoms with E-state index in [4.69, 9.17) is 0 Å². The lowest BCUT2D eigenvalue weighted by Gasteiger charge is -2.13. The summed E-state index contributed by atoms with van der Waals surface area (Å²) in [6.45, 7) is 6.17. The lowest BCUT2D eigenvalue weighted by atomic mass is 10.1. The molecule has 0 bridgehead atoms. The van der Waals surface area contributed by atoms with E-state index in [0.717, 1.165) is 16.8 Å². The number of nitrogens with one attached hydrogen (secondary N) is 2. The number of aryl methyl sites for hydroxylation is 3. The maximum Gasteiger partial charge on any atom is 0.255 e. The third-order valence-electron chi connectivity index (χ3n) is 4.04. The maximum absolute atomic E-state index is 13.2.